The van der Waals surface area contributed by atoms with Gasteiger partial charge in [-0.25, -0.2) is 14.8 Å². The van der Waals surface area contributed by atoms with Crippen molar-refractivity contribution < 1.29 is 19.1 Å². The van der Waals surface area contributed by atoms with Crippen molar-refractivity contribution >= 4 is 80.2 Å². The fraction of sp³-hybridized carbons (Fsp3) is 0.0682. The van der Waals surface area contributed by atoms with E-state index in [9.17, 15) is 14.4 Å². The number of ether oxygens (including phenoxy) is 1. The molecular weight excluding hydrogens is 761 g/mol. The first-order valence-electron chi connectivity index (χ1n) is 17.9. The number of aromatic nitrogens is 4. The van der Waals surface area contributed by atoms with E-state index in [0.29, 0.717) is 50.7 Å². The SMILES string of the molecule is CCOC(=O)Nc1ccc(-c2nc3ccc(C(=O)Nc4cccc(Cl)c4)cc3[nH]2)c(C)c1.O=C(Nc1cccc(Cl)c1)c1ccc2nc(-c3ccccc3)[nH]c2c1. The number of hydrogen-bond donors (Lipinski definition) is 5. The molecule has 5 N–H and O–H groups in total. The van der Waals surface area contributed by atoms with Gasteiger partial charge in [-0.1, -0.05) is 65.7 Å². The maximum atomic E-state index is 12.6. The lowest BCUT2D eigenvalue weighted by Gasteiger charge is -2.08. The number of H-pyrrole nitrogens is 2. The zero-order chi connectivity index (χ0) is 39.9. The number of benzene rings is 6. The van der Waals surface area contributed by atoms with Gasteiger partial charge in [-0.2, -0.15) is 0 Å². The number of anilines is 3. The van der Waals surface area contributed by atoms with Gasteiger partial charge in [0.25, 0.3) is 11.8 Å². The standard InChI is InChI=1S/C24H21ClN4O3.C20H14ClN3O/c1-3-32-24(31)27-18-8-9-19(14(2)11-18)22-28-20-10-7-15(12-21(20)29-22)23(30)26-17-6-4-5-16(25)13-17;21-15-7-4-8-16(12-15)22-20(25)14-9-10-17-18(11-14)24-19(23-17)13-5-2-1-3-6-13/h4-13H,3H2,1-2H3,(H,26,30)(H,27,31)(H,28,29);1-12H,(H,22,25)(H,23,24). The molecule has 0 aliphatic carbocycles. The van der Waals surface area contributed by atoms with E-state index in [1.807, 2.05) is 55.5 Å². The van der Waals surface area contributed by atoms with Gasteiger partial charge in [0.15, 0.2) is 0 Å². The van der Waals surface area contributed by atoms with Gasteiger partial charge in [-0.05, 0) is 110 Å². The fourth-order valence-electron chi connectivity index (χ4n) is 5.99. The zero-order valence-corrected chi connectivity index (χ0v) is 32.2. The van der Waals surface area contributed by atoms with Crippen LogP contribution in [0.2, 0.25) is 10.0 Å². The first-order valence-corrected chi connectivity index (χ1v) is 18.6. The predicted octanol–water partition coefficient (Wildman–Crippen LogP) is 11.1. The van der Waals surface area contributed by atoms with Crippen LogP contribution < -0.4 is 16.0 Å². The van der Waals surface area contributed by atoms with Crippen molar-refractivity contribution in [3.63, 3.8) is 0 Å². The fourth-order valence-corrected chi connectivity index (χ4v) is 6.37. The number of hydrogen-bond acceptors (Lipinski definition) is 6. The van der Waals surface area contributed by atoms with Gasteiger partial charge in [0, 0.05) is 49.4 Å². The largest absolute Gasteiger partial charge is 0.450 e. The Hall–Kier alpha value is -6.95. The van der Waals surface area contributed by atoms with Crippen molar-refractivity contribution in [1.29, 1.82) is 0 Å². The number of carbonyl (C=O) groups is 3. The summed E-state index contributed by atoms with van der Waals surface area (Å²) in [5.74, 6) is 1.02. The maximum absolute atomic E-state index is 12.6. The summed E-state index contributed by atoms with van der Waals surface area (Å²) in [6.45, 7) is 3.99. The molecule has 3 amide bonds. The molecule has 11 nitrogen and oxygen atoms in total. The molecule has 0 aliphatic rings. The molecule has 0 bridgehead atoms. The number of halogens is 2. The molecule has 8 rings (SSSR count). The summed E-state index contributed by atoms with van der Waals surface area (Å²) in [5, 5.41) is 9.50. The van der Waals surface area contributed by atoms with E-state index < -0.39 is 6.09 Å². The molecule has 0 unspecified atom stereocenters. The molecule has 284 valence electrons. The minimum absolute atomic E-state index is 0.194. The van der Waals surface area contributed by atoms with Crippen molar-refractivity contribution in [2.24, 2.45) is 0 Å². The Morgan fingerprint density at radius 2 is 1.14 bits per heavy atom. The van der Waals surface area contributed by atoms with Gasteiger partial charge < -0.3 is 25.3 Å². The van der Waals surface area contributed by atoms with Crippen LogP contribution in [-0.4, -0.2) is 44.5 Å². The molecule has 57 heavy (non-hydrogen) atoms. The number of fused-ring (bicyclic) bond motifs is 2. The first-order chi connectivity index (χ1) is 27.6. The Morgan fingerprint density at radius 1 is 0.596 bits per heavy atom. The number of rotatable bonds is 8. The third-order valence-corrected chi connectivity index (χ3v) is 9.17. The van der Waals surface area contributed by atoms with Crippen LogP contribution in [-0.2, 0) is 4.74 Å². The van der Waals surface area contributed by atoms with E-state index in [4.69, 9.17) is 27.9 Å². The average molecular weight is 797 g/mol. The second kappa shape index (κ2) is 17.2. The Kier molecular flexibility index (Phi) is 11.6. The summed E-state index contributed by atoms with van der Waals surface area (Å²) < 4.78 is 4.91. The molecule has 0 aliphatic heterocycles. The lowest BCUT2D eigenvalue weighted by molar-refractivity contribution is 0.101. The molecule has 0 spiro atoms. The zero-order valence-electron chi connectivity index (χ0n) is 30.7. The van der Waals surface area contributed by atoms with Crippen LogP contribution >= 0.6 is 23.2 Å². The van der Waals surface area contributed by atoms with Crippen LogP contribution in [0.3, 0.4) is 0 Å². The van der Waals surface area contributed by atoms with Gasteiger partial charge in [-0.15, -0.1) is 0 Å². The van der Waals surface area contributed by atoms with Gasteiger partial charge in [0.05, 0.1) is 28.7 Å². The molecule has 0 atom stereocenters. The van der Waals surface area contributed by atoms with Gasteiger partial charge in [0.1, 0.15) is 11.6 Å². The van der Waals surface area contributed by atoms with Crippen molar-refractivity contribution in [1.82, 2.24) is 19.9 Å². The minimum atomic E-state index is -0.494. The first kappa shape index (κ1) is 38.3. The highest BCUT2D eigenvalue weighted by Crippen LogP contribution is 2.27. The number of imidazole rings is 2. The quantitative estimate of drug-likeness (QED) is 0.103. The lowest BCUT2D eigenvalue weighted by atomic mass is 10.1. The molecule has 0 saturated heterocycles. The number of nitrogens with one attached hydrogen (secondary N) is 5. The Morgan fingerprint density at radius 3 is 1.68 bits per heavy atom. The monoisotopic (exact) mass is 795 g/mol. The molecule has 0 fully saturated rings. The molecule has 8 aromatic rings. The van der Waals surface area contributed by atoms with E-state index in [1.54, 1.807) is 91.9 Å². The van der Waals surface area contributed by atoms with Crippen LogP contribution in [0.5, 0.6) is 0 Å². The third-order valence-electron chi connectivity index (χ3n) is 8.70. The highest BCUT2D eigenvalue weighted by Gasteiger charge is 2.14. The predicted molar refractivity (Wildman–Crippen MR) is 227 cm³/mol. The number of amides is 3. The average Bonchev–Trinajstić information content (AvgIpc) is 3.83. The topological polar surface area (TPSA) is 154 Å². The van der Waals surface area contributed by atoms with Crippen molar-refractivity contribution in [3.05, 3.63) is 160 Å². The lowest BCUT2D eigenvalue weighted by Crippen LogP contribution is -2.13. The Labute approximate surface area is 337 Å². The summed E-state index contributed by atoms with van der Waals surface area (Å²) in [5.41, 5.74) is 8.92. The van der Waals surface area contributed by atoms with Crippen LogP contribution in [0.1, 0.15) is 33.2 Å². The molecule has 0 radical (unpaired) electrons. The number of aromatic amines is 2. The molecule has 2 heterocycles. The Balaban J connectivity index is 0.000000179. The second-order valence-corrected chi connectivity index (χ2v) is 13.7. The summed E-state index contributed by atoms with van der Waals surface area (Å²) in [7, 11) is 0. The van der Waals surface area contributed by atoms with E-state index in [-0.39, 0.29) is 11.8 Å². The smallest absolute Gasteiger partial charge is 0.411 e. The minimum Gasteiger partial charge on any atom is -0.450 e. The van der Waals surface area contributed by atoms with Crippen LogP contribution in [0.25, 0.3) is 44.8 Å². The summed E-state index contributed by atoms with van der Waals surface area (Å²) in [6, 6.07) is 40.1. The van der Waals surface area contributed by atoms with Crippen LogP contribution in [0, 0.1) is 6.92 Å². The van der Waals surface area contributed by atoms with Gasteiger partial charge in [-0.3, -0.25) is 14.9 Å². The highest BCUT2D eigenvalue weighted by atomic mass is 35.5. The number of aryl methyl sites for hydroxylation is 1. The summed E-state index contributed by atoms with van der Waals surface area (Å²) in [4.78, 5) is 52.5. The third kappa shape index (κ3) is 9.48. The number of carbonyl (C=O) groups excluding carboxylic acids is 3. The number of nitrogens with zero attached hydrogens (tertiary/aromatic N) is 2. The van der Waals surface area contributed by atoms with Gasteiger partial charge in [0.2, 0.25) is 0 Å². The van der Waals surface area contributed by atoms with Gasteiger partial charge >= 0.3 is 6.09 Å². The normalized spacial score (nSPS) is 10.7. The van der Waals surface area contributed by atoms with Crippen LogP contribution in [0.4, 0.5) is 21.9 Å². The Bertz CT molecular complexity index is 2750. The van der Waals surface area contributed by atoms with E-state index in [2.05, 4.69) is 35.9 Å². The van der Waals surface area contributed by atoms with Crippen LogP contribution in [0.15, 0.2) is 133 Å². The van der Waals surface area contributed by atoms with Crippen molar-refractivity contribution in [3.8, 4) is 22.8 Å². The van der Waals surface area contributed by atoms with E-state index in [0.717, 1.165) is 44.6 Å². The molecule has 6 aromatic carbocycles. The molecular formula is C44H35Cl2N7O4. The van der Waals surface area contributed by atoms with Crippen molar-refractivity contribution in [2.45, 2.75) is 13.8 Å². The summed E-state index contributed by atoms with van der Waals surface area (Å²) >= 11 is 11.9. The molecule has 0 saturated carbocycles. The second-order valence-electron chi connectivity index (χ2n) is 12.8. The highest BCUT2D eigenvalue weighted by molar-refractivity contribution is 6.31. The van der Waals surface area contributed by atoms with E-state index >= 15 is 0 Å². The maximum Gasteiger partial charge on any atom is 0.411 e. The van der Waals surface area contributed by atoms with E-state index in [1.165, 1.54) is 0 Å². The molecule has 2 aromatic heterocycles. The molecule has 13 heteroatoms. The van der Waals surface area contributed by atoms with Crippen molar-refractivity contribution in [2.75, 3.05) is 22.6 Å². The summed E-state index contributed by atoms with van der Waals surface area (Å²) in [6.07, 6.45) is -0.494.